The fraction of sp³-hybridized carbons (Fsp3) is 0.429. The minimum Gasteiger partial charge on any atom is -0.380 e. The van der Waals surface area contributed by atoms with Gasteiger partial charge in [0, 0.05) is 28.8 Å². The third-order valence-electron chi connectivity index (χ3n) is 3.56. The molecule has 1 aliphatic carbocycles. The lowest BCUT2D eigenvalue weighted by Crippen LogP contribution is -1.98. The molecule has 0 spiro atoms. The van der Waals surface area contributed by atoms with Crippen molar-refractivity contribution in [3.8, 4) is 0 Å². The van der Waals surface area contributed by atoms with Gasteiger partial charge in [-0.05, 0) is 47.9 Å². The molecule has 0 saturated carbocycles. The molecule has 1 heterocycles. The molecule has 2 nitrogen and oxygen atoms in total. The lowest BCUT2D eigenvalue weighted by molar-refractivity contribution is 0.185. The second kappa shape index (κ2) is 4.41. The van der Waals surface area contributed by atoms with E-state index in [2.05, 4.69) is 12.1 Å². The molecular weight excluding hydrogens is 230 g/mol. The number of thiophene rings is 1. The van der Waals surface area contributed by atoms with E-state index in [-0.39, 0.29) is 0 Å². The second-order valence-corrected chi connectivity index (χ2v) is 5.75. The summed E-state index contributed by atoms with van der Waals surface area (Å²) >= 11 is 1.82. The molecule has 2 aromatic rings. The number of aryl methyl sites for hydroxylation is 2. The largest absolute Gasteiger partial charge is 0.380 e. The van der Waals surface area contributed by atoms with Crippen molar-refractivity contribution in [2.24, 2.45) is 5.73 Å². The monoisotopic (exact) mass is 247 g/mol. The van der Waals surface area contributed by atoms with E-state index in [1.165, 1.54) is 50.9 Å². The summed E-state index contributed by atoms with van der Waals surface area (Å²) in [5, 5.41) is 1.36. The molecule has 1 aromatic carbocycles. The SMILES string of the molecule is COCc1c(CN)sc2cc3c(cc12)CCC3. The van der Waals surface area contributed by atoms with Gasteiger partial charge in [-0.3, -0.25) is 0 Å². The standard InChI is InChI=1S/C14H17NOS/c1-16-8-12-11-5-9-3-2-4-10(9)6-13(11)17-14(12)7-15/h5-6H,2-4,7-8,15H2,1H3. The topological polar surface area (TPSA) is 35.2 Å². The van der Waals surface area contributed by atoms with Crippen LogP contribution in [0.1, 0.15) is 28.0 Å². The zero-order valence-corrected chi connectivity index (χ0v) is 10.9. The Morgan fingerprint density at radius 3 is 2.76 bits per heavy atom. The number of rotatable bonds is 3. The van der Waals surface area contributed by atoms with Gasteiger partial charge in [0.25, 0.3) is 0 Å². The molecule has 17 heavy (non-hydrogen) atoms. The Morgan fingerprint density at radius 2 is 2.06 bits per heavy atom. The highest BCUT2D eigenvalue weighted by atomic mass is 32.1. The van der Waals surface area contributed by atoms with Crippen molar-refractivity contribution < 1.29 is 4.74 Å². The summed E-state index contributed by atoms with van der Waals surface area (Å²) in [6, 6.07) is 4.72. The molecule has 1 aromatic heterocycles. The lowest BCUT2D eigenvalue weighted by Gasteiger charge is -2.03. The highest BCUT2D eigenvalue weighted by Crippen LogP contribution is 2.36. The average Bonchev–Trinajstić information content (AvgIpc) is 2.91. The van der Waals surface area contributed by atoms with Crippen LogP contribution in [-0.4, -0.2) is 7.11 Å². The van der Waals surface area contributed by atoms with Gasteiger partial charge in [0.1, 0.15) is 0 Å². The maximum atomic E-state index is 5.82. The van der Waals surface area contributed by atoms with E-state index in [0.29, 0.717) is 13.2 Å². The normalized spacial score (nSPS) is 14.5. The highest BCUT2D eigenvalue weighted by Gasteiger charge is 2.16. The van der Waals surface area contributed by atoms with E-state index >= 15 is 0 Å². The maximum Gasteiger partial charge on any atom is 0.0730 e. The zero-order chi connectivity index (χ0) is 11.8. The molecule has 0 aliphatic heterocycles. The Labute approximate surface area is 105 Å². The van der Waals surface area contributed by atoms with E-state index in [1.807, 2.05) is 11.3 Å². The van der Waals surface area contributed by atoms with E-state index in [1.54, 1.807) is 7.11 Å². The van der Waals surface area contributed by atoms with Crippen molar-refractivity contribution >= 4 is 21.4 Å². The summed E-state index contributed by atoms with van der Waals surface area (Å²) in [5.74, 6) is 0. The van der Waals surface area contributed by atoms with Crippen LogP contribution in [0.3, 0.4) is 0 Å². The van der Waals surface area contributed by atoms with Gasteiger partial charge in [-0.1, -0.05) is 0 Å². The molecule has 3 rings (SSSR count). The number of ether oxygens (including phenoxy) is 1. The maximum absolute atomic E-state index is 5.82. The third-order valence-corrected chi connectivity index (χ3v) is 4.78. The van der Waals surface area contributed by atoms with Crippen LogP contribution in [0.2, 0.25) is 0 Å². The molecule has 90 valence electrons. The summed E-state index contributed by atoms with van der Waals surface area (Å²) in [5.41, 5.74) is 10.2. The Kier molecular flexibility index (Phi) is 2.90. The molecule has 1 aliphatic rings. The van der Waals surface area contributed by atoms with Crippen LogP contribution in [-0.2, 0) is 30.7 Å². The minimum atomic E-state index is 0.614. The van der Waals surface area contributed by atoms with E-state index in [9.17, 15) is 0 Å². The first-order chi connectivity index (χ1) is 8.33. The molecule has 0 bridgehead atoms. The van der Waals surface area contributed by atoms with Gasteiger partial charge < -0.3 is 10.5 Å². The predicted octanol–water partition coefficient (Wildman–Crippen LogP) is 3.00. The third kappa shape index (κ3) is 1.79. The van der Waals surface area contributed by atoms with Crippen LogP contribution in [0.5, 0.6) is 0 Å². The van der Waals surface area contributed by atoms with Crippen LogP contribution in [0.25, 0.3) is 10.1 Å². The molecule has 0 fully saturated rings. The molecule has 0 amide bonds. The van der Waals surface area contributed by atoms with Crippen LogP contribution in [0, 0.1) is 0 Å². The first kappa shape index (κ1) is 11.2. The van der Waals surface area contributed by atoms with E-state index in [0.717, 1.165) is 0 Å². The van der Waals surface area contributed by atoms with Crippen molar-refractivity contribution in [2.45, 2.75) is 32.4 Å². The van der Waals surface area contributed by atoms with Crippen molar-refractivity contribution in [2.75, 3.05) is 7.11 Å². The molecule has 2 N–H and O–H groups in total. The minimum absolute atomic E-state index is 0.614. The molecule has 0 unspecified atom stereocenters. The van der Waals surface area contributed by atoms with Gasteiger partial charge >= 0.3 is 0 Å². The van der Waals surface area contributed by atoms with Gasteiger partial charge in [-0.2, -0.15) is 0 Å². The Balaban J connectivity index is 2.21. The van der Waals surface area contributed by atoms with Gasteiger partial charge in [-0.15, -0.1) is 11.3 Å². The number of benzene rings is 1. The Hall–Kier alpha value is -0.900. The molecular formula is C14H17NOS. The highest BCUT2D eigenvalue weighted by molar-refractivity contribution is 7.19. The van der Waals surface area contributed by atoms with Crippen LogP contribution in [0.4, 0.5) is 0 Å². The fourth-order valence-corrected chi connectivity index (χ4v) is 3.87. The Bertz CT molecular complexity index is 559. The summed E-state index contributed by atoms with van der Waals surface area (Å²) in [6.07, 6.45) is 3.77. The van der Waals surface area contributed by atoms with Gasteiger partial charge in [-0.25, -0.2) is 0 Å². The second-order valence-electron chi connectivity index (χ2n) is 4.61. The van der Waals surface area contributed by atoms with E-state index < -0.39 is 0 Å². The number of hydrogen-bond acceptors (Lipinski definition) is 3. The smallest absolute Gasteiger partial charge is 0.0730 e. The average molecular weight is 247 g/mol. The van der Waals surface area contributed by atoms with Gasteiger partial charge in [0.15, 0.2) is 0 Å². The van der Waals surface area contributed by atoms with E-state index in [4.69, 9.17) is 10.5 Å². The summed E-state index contributed by atoms with van der Waals surface area (Å²) in [6.45, 7) is 1.29. The summed E-state index contributed by atoms with van der Waals surface area (Å²) < 4.78 is 6.68. The van der Waals surface area contributed by atoms with Crippen molar-refractivity contribution in [1.82, 2.24) is 0 Å². The zero-order valence-electron chi connectivity index (χ0n) is 10.1. The lowest BCUT2D eigenvalue weighted by atomic mass is 10.0. The summed E-state index contributed by atoms with van der Waals surface area (Å²) in [4.78, 5) is 1.27. The fourth-order valence-electron chi connectivity index (χ4n) is 2.73. The predicted molar refractivity (Wildman–Crippen MR) is 72.5 cm³/mol. The number of fused-ring (bicyclic) bond motifs is 2. The number of methoxy groups -OCH3 is 1. The van der Waals surface area contributed by atoms with Crippen LogP contribution in [0.15, 0.2) is 12.1 Å². The molecule has 3 heteroatoms. The van der Waals surface area contributed by atoms with Crippen LogP contribution >= 0.6 is 11.3 Å². The Morgan fingerprint density at radius 1 is 1.29 bits per heavy atom. The quantitative estimate of drug-likeness (QED) is 0.905. The van der Waals surface area contributed by atoms with Crippen LogP contribution < -0.4 is 5.73 Å². The van der Waals surface area contributed by atoms with Crippen molar-refractivity contribution in [3.63, 3.8) is 0 Å². The molecule has 0 saturated heterocycles. The first-order valence-electron chi connectivity index (χ1n) is 6.08. The number of nitrogens with two attached hydrogens (primary N) is 1. The van der Waals surface area contributed by atoms with Gasteiger partial charge in [0.2, 0.25) is 0 Å². The number of hydrogen-bond donors (Lipinski definition) is 1. The summed E-state index contributed by atoms with van der Waals surface area (Å²) in [7, 11) is 1.75. The van der Waals surface area contributed by atoms with Crippen molar-refractivity contribution in [3.05, 3.63) is 33.7 Å². The first-order valence-corrected chi connectivity index (χ1v) is 6.90. The molecule has 0 atom stereocenters. The van der Waals surface area contributed by atoms with Gasteiger partial charge in [0.05, 0.1) is 6.61 Å². The van der Waals surface area contributed by atoms with Crippen molar-refractivity contribution in [1.29, 1.82) is 0 Å². The molecule has 0 radical (unpaired) electrons.